The summed E-state index contributed by atoms with van der Waals surface area (Å²) in [6.07, 6.45) is 0. The van der Waals surface area contributed by atoms with Crippen molar-refractivity contribution in [2.24, 2.45) is 0 Å². The van der Waals surface area contributed by atoms with Crippen LogP contribution in [0, 0.1) is 0 Å². The standard InChI is InChI=1S/Al.3Li.O4Si.2H/c;;;;1-5(2,3)4;;/q4*+1;-4;;. The molecule has 0 spiro atoms. The molecule has 36 valence electrons. The first-order valence-corrected chi connectivity index (χ1v) is 3.67. The molecule has 9 heteroatoms. The molecule has 0 aromatic heterocycles. The zero-order valence-corrected chi connectivity index (χ0v) is 9.13. The van der Waals surface area contributed by atoms with E-state index < -0.39 is 9.05 Å². The Bertz CT molecular complexity index is 45.6. The van der Waals surface area contributed by atoms with E-state index in [1.54, 1.807) is 0 Å². The molecule has 0 heterocycles. The molecule has 0 fully saturated rings. The molecule has 0 aromatic rings. The van der Waals surface area contributed by atoms with Crippen LogP contribution >= 0.6 is 0 Å². The summed E-state index contributed by atoms with van der Waals surface area (Å²) >= 11 is -0.0278. The van der Waals surface area contributed by atoms with E-state index in [2.05, 4.69) is 3.48 Å². The largest absolute Gasteiger partial charge is 1.00 e. The van der Waals surface area contributed by atoms with Crippen molar-refractivity contribution in [1.29, 1.82) is 0 Å². The van der Waals surface area contributed by atoms with Gasteiger partial charge in [-0.1, -0.05) is 0 Å². The van der Waals surface area contributed by atoms with Gasteiger partial charge in [-0.2, -0.15) is 9.05 Å². The summed E-state index contributed by atoms with van der Waals surface area (Å²) in [6, 6.07) is 0. The van der Waals surface area contributed by atoms with Crippen LogP contribution in [0.4, 0.5) is 0 Å². The minimum absolute atomic E-state index is 0. The molecule has 0 bridgehead atoms. The summed E-state index contributed by atoms with van der Waals surface area (Å²) in [7, 11) is -4.82. The Morgan fingerprint density at radius 2 is 1.11 bits per heavy atom. The molecule has 0 amide bonds. The van der Waals surface area contributed by atoms with Gasteiger partial charge in [-0.15, -0.1) is 0 Å². The summed E-state index contributed by atoms with van der Waals surface area (Å²) in [5.41, 5.74) is 0. The molecule has 0 aromatic carbocycles. The van der Waals surface area contributed by atoms with Gasteiger partial charge in [-0.3, -0.25) is 0 Å². The molecule has 0 saturated carbocycles. The Labute approximate surface area is 99.1 Å². The minimum Gasteiger partial charge on any atom is -0.863 e. The van der Waals surface area contributed by atoms with Gasteiger partial charge in [0.1, 0.15) is 0 Å². The van der Waals surface area contributed by atoms with Gasteiger partial charge < -0.3 is 17.9 Å². The first-order valence-electron chi connectivity index (χ1n) is 1.22. The van der Waals surface area contributed by atoms with Crippen molar-refractivity contribution >= 4 is 25.7 Å². The van der Waals surface area contributed by atoms with E-state index >= 15 is 0 Å². The molecular weight excluding hydrogens is 140 g/mol. The third kappa shape index (κ3) is 25.2. The fourth-order valence-corrected chi connectivity index (χ4v) is 0. The molecule has 0 radical (unpaired) electrons. The van der Waals surface area contributed by atoms with Crippen LogP contribution in [0.25, 0.3) is 0 Å². The minimum atomic E-state index is -4.82. The molecule has 0 atom stereocenters. The van der Waals surface area contributed by atoms with E-state index in [-0.39, 0.29) is 73.2 Å². The molecule has 9 heavy (non-hydrogen) atoms. The summed E-state index contributed by atoms with van der Waals surface area (Å²) < 4.78 is 3.55. The van der Waals surface area contributed by atoms with Gasteiger partial charge in [0.15, 0.2) is 0 Å². The van der Waals surface area contributed by atoms with E-state index in [9.17, 15) is 14.4 Å². The molecule has 0 saturated heterocycles. The summed E-state index contributed by atoms with van der Waals surface area (Å²) in [6.45, 7) is 0. The van der Waals surface area contributed by atoms with Crippen LogP contribution in [0.15, 0.2) is 0 Å². The van der Waals surface area contributed by atoms with Crippen molar-refractivity contribution in [1.82, 2.24) is 0 Å². The normalized spacial score (nSPS) is 7.89. The van der Waals surface area contributed by atoms with E-state index in [4.69, 9.17) is 0 Å². The molecule has 0 aliphatic rings. The van der Waals surface area contributed by atoms with Gasteiger partial charge in [-0.05, 0) is 0 Å². The number of rotatable bonds is 1. The van der Waals surface area contributed by atoms with Crippen LogP contribution in [-0.4, -0.2) is 25.7 Å². The number of hydrogen-bond acceptors (Lipinski definition) is 4. The van der Waals surface area contributed by atoms with E-state index in [0.717, 1.165) is 0 Å². The Morgan fingerprint density at radius 1 is 1.00 bits per heavy atom. The van der Waals surface area contributed by atoms with Crippen LogP contribution in [0.1, 0.15) is 0 Å². The average molecular weight is 142 g/mol. The molecule has 0 aliphatic carbocycles. The Balaban J connectivity index is -0.0000000417. The topological polar surface area (TPSA) is 78.4 Å². The van der Waals surface area contributed by atoms with Crippen molar-refractivity contribution in [3.05, 3.63) is 0 Å². The van der Waals surface area contributed by atoms with Crippen molar-refractivity contribution in [2.45, 2.75) is 0 Å². The van der Waals surface area contributed by atoms with Crippen LogP contribution in [0.5, 0.6) is 0 Å². The van der Waals surface area contributed by atoms with Gasteiger partial charge in [-0.25, -0.2) is 0 Å². The second kappa shape index (κ2) is 10.4. The van der Waals surface area contributed by atoms with Crippen molar-refractivity contribution in [3.8, 4) is 0 Å². The van der Waals surface area contributed by atoms with E-state index in [1.807, 2.05) is 0 Å². The maximum absolute atomic E-state index is 9.31. The molecule has 0 aliphatic heterocycles. The molecule has 0 N–H and O–H groups in total. The SMILES string of the molecule is [Li+].[Li+].[Li+].[O-][Si]([O-])([O-])[O][AlH2]. The van der Waals surface area contributed by atoms with Gasteiger partial charge in [0, 0.05) is 0 Å². The monoisotopic (exact) mass is 142 g/mol. The first-order chi connectivity index (χ1) is 2.56. The summed E-state index contributed by atoms with van der Waals surface area (Å²) in [5.74, 6) is 0. The fraction of sp³-hybridized carbons (Fsp3) is 0. The van der Waals surface area contributed by atoms with Gasteiger partial charge in [0.2, 0.25) is 0 Å². The predicted octanol–water partition coefficient (Wildman–Crippen LogP) is -13.9. The van der Waals surface area contributed by atoms with Crippen molar-refractivity contribution in [2.75, 3.05) is 0 Å². The van der Waals surface area contributed by atoms with Crippen molar-refractivity contribution in [3.63, 3.8) is 0 Å². The van der Waals surface area contributed by atoms with E-state index in [0.29, 0.717) is 0 Å². The zero-order chi connectivity index (χ0) is 5.21. The predicted molar refractivity (Wildman–Crippen MR) is 15.4 cm³/mol. The van der Waals surface area contributed by atoms with Crippen LogP contribution in [0.3, 0.4) is 0 Å². The van der Waals surface area contributed by atoms with Crippen LogP contribution < -0.4 is 71.0 Å². The fourth-order valence-electron chi connectivity index (χ4n) is 0. The molecular formula is H2AlLi3O4Si. The Morgan fingerprint density at radius 3 is 1.11 bits per heavy atom. The summed E-state index contributed by atoms with van der Waals surface area (Å²) in [4.78, 5) is 27.9. The Hall–Kier alpha value is 2.38. The van der Waals surface area contributed by atoms with Gasteiger partial charge >= 0.3 is 73.2 Å². The molecule has 0 rings (SSSR count). The maximum atomic E-state index is 9.31. The Kier molecular flexibility index (Phi) is 26.0. The van der Waals surface area contributed by atoms with Gasteiger partial charge in [0.05, 0.1) is 0 Å². The quantitative estimate of drug-likeness (QED) is 0.340. The smallest absolute Gasteiger partial charge is 0.863 e. The van der Waals surface area contributed by atoms with Crippen LogP contribution in [0.2, 0.25) is 0 Å². The van der Waals surface area contributed by atoms with Crippen LogP contribution in [-0.2, 0) is 3.48 Å². The third-order valence-corrected chi connectivity index (χ3v) is 2.25. The van der Waals surface area contributed by atoms with Gasteiger partial charge in [0.25, 0.3) is 0 Å². The molecule has 4 nitrogen and oxygen atoms in total. The molecule has 0 unspecified atom stereocenters. The second-order valence-electron chi connectivity index (χ2n) is 0.704. The summed E-state index contributed by atoms with van der Waals surface area (Å²) in [5, 5.41) is 0. The van der Waals surface area contributed by atoms with Crippen molar-refractivity contribution < 1.29 is 74.4 Å². The first kappa shape index (κ1) is 22.5. The number of hydrogen-bond donors (Lipinski definition) is 0. The zero-order valence-electron chi connectivity index (χ0n) is 6.13. The second-order valence-corrected chi connectivity index (χ2v) is 3.34. The van der Waals surface area contributed by atoms with E-state index in [1.165, 1.54) is 0 Å². The third-order valence-electron chi connectivity index (χ3n) is 0.250. The average Bonchev–Trinajstić information content (AvgIpc) is 1.35. The maximum Gasteiger partial charge on any atom is 1.00 e.